The molecule has 6 nitrogen and oxygen atoms in total. The fourth-order valence-electron chi connectivity index (χ4n) is 1.57. The van der Waals surface area contributed by atoms with Crippen molar-refractivity contribution in [3.63, 3.8) is 0 Å². The lowest BCUT2D eigenvalue weighted by Crippen LogP contribution is -2.01. The van der Waals surface area contributed by atoms with E-state index in [9.17, 15) is 14.9 Å². The number of aromatic carboxylic acids is 1. The highest BCUT2D eigenvalue weighted by Gasteiger charge is 2.18. The highest BCUT2D eigenvalue weighted by atomic mass is 35.5. The Bertz CT molecular complexity index is 686. The second-order valence-corrected chi connectivity index (χ2v) is 4.21. The Morgan fingerprint density at radius 3 is 2.55 bits per heavy atom. The van der Waals surface area contributed by atoms with Crippen molar-refractivity contribution in [2.24, 2.45) is 0 Å². The third-order valence-electron chi connectivity index (χ3n) is 2.46. The standard InChI is InChI=1S/C13H8ClNO5/c14-8-5-6-9(13(16)17)12(7-8)20-11-4-2-1-3-10(11)15(18)19/h1-7H,(H,16,17). The van der Waals surface area contributed by atoms with Crippen molar-refractivity contribution in [2.75, 3.05) is 0 Å². The largest absolute Gasteiger partial charge is 0.478 e. The van der Waals surface area contributed by atoms with E-state index in [-0.39, 0.29) is 27.8 Å². The molecule has 0 aromatic heterocycles. The molecule has 0 heterocycles. The summed E-state index contributed by atoms with van der Waals surface area (Å²) in [4.78, 5) is 21.4. The predicted octanol–water partition coefficient (Wildman–Crippen LogP) is 3.74. The van der Waals surface area contributed by atoms with E-state index in [0.29, 0.717) is 0 Å². The molecule has 1 N–H and O–H groups in total. The summed E-state index contributed by atoms with van der Waals surface area (Å²) < 4.78 is 5.34. The fourth-order valence-corrected chi connectivity index (χ4v) is 1.73. The van der Waals surface area contributed by atoms with Gasteiger partial charge in [0.1, 0.15) is 11.3 Å². The molecule has 2 aromatic carbocycles. The van der Waals surface area contributed by atoms with Gasteiger partial charge in [-0.1, -0.05) is 23.7 Å². The van der Waals surface area contributed by atoms with Crippen molar-refractivity contribution in [2.45, 2.75) is 0 Å². The van der Waals surface area contributed by atoms with Gasteiger partial charge in [-0.25, -0.2) is 4.79 Å². The number of para-hydroxylation sites is 2. The minimum atomic E-state index is -1.21. The molecule has 102 valence electrons. The van der Waals surface area contributed by atoms with E-state index in [4.69, 9.17) is 21.4 Å². The molecule has 0 fully saturated rings. The maximum absolute atomic E-state index is 11.1. The first-order valence-electron chi connectivity index (χ1n) is 5.43. The van der Waals surface area contributed by atoms with Crippen LogP contribution < -0.4 is 4.74 Å². The number of hydrogen-bond donors (Lipinski definition) is 1. The number of rotatable bonds is 4. The number of halogens is 1. The van der Waals surface area contributed by atoms with Gasteiger partial charge in [-0.15, -0.1) is 0 Å². The van der Waals surface area contributed by atoms with Gasteiger partial charge >= 0.3 is 11.7 Å². The van der Waals surface area contributed by atoms with E-state index < -0.39 is 10.9 Å². The van der Waals surface area contributed by atoms with Crippen LogP contribution in [0.3, 0.4) is 0 Å². The molecule has 0 aliphatic carbocycles. The zero-order valence-corrected chi connectivity index (χ0v) is 10.7. The fraction of sp³-hybridized carbons (Fsp3) is 0. The Kier molecular flexibility index (Phi) is 3.86. The van der Waals surface area contributed by atoms with Gasteiger partial charge < -0.3 is 9.84 Å². The lowest BCUT2D eigenvalue weighted by Gasteiger charge is -2.09. The molecule has 0 aliphatic rings. The van der Waals surface area contributed by atoms with Crippen LogP contribution in [0.1, 0.15) is 10.4 Å². The van der Waals surface area contributed by atoms with Crippen molar-refractivity contribution in [1.82, 2.24) is 0 Å². The molecule has 0 atom stereocenters. The Balaban J connectivity index is 2.47. The Morgan fingerprint density at radius 1 is 1.20 bits per heavy atom. The zero-order valence-electron chi connectivity index (χ0n) is 9.95. The zero-order chi connectivity index (χ0) is 14.7. The molecule has 0 aliphatic heterocycles. The minimum Gasteiger partial charge on any atom is -0.478 e. The molecule has 2 rings (SSSR count). The summed E-state index contributed by atoms with van der Waals surface area (Å²) in [6, 6.07) is 9.65. The van der Waals surface area contributed by atoms with Gasteiger partial charge in [0.15, 0.2) is 0 Å². The quantitative estimate of drug-likeness (QED) is 0.685. The van der Waals surface area contributed by atoms with E-state index in [0.717, 1.165) is 0 Å². The van der Waals surface area contributed by atoms with Crippen LogP contribution >= 0.6 is 11.6 Å². The van der Waals surface area contributed by atoms with E-state index >= 15 is 0 Å². The first-order valence-corrected chi connectivity index (χ1v) is 5.81. The highest BCUT2D eigenvalue weighted by molar-refractivity contribution is 6.30. The van der Waals surface area contributed by atoms with Crippen molar-refractivity contribution in [3.8, 4) is 11.5 Å². The van der Waals surface area contributed by atoms with Gasteiger partial charge in [0, 0.05) is 17.2 Å². The van der Waals surface area contributed by atoms with E-state index in [1.165, 1.54) is 36.4 Å². The maximum Gasteiger partial charge on any atom is 0.339 e. The molecular weight excluding hydrogens is 286 g/mol. The molecule has 0 bridgehead atoms. The average molecular weight is 294 g/mol. The van der Waals surface area contributed by atoms with Crippen molar-refractivity contribution in [3.05, 3.63) is 63.2 Å². The van der Waals surface area contributed by atoms with Crippen LogP contribution in [0.4, 0.5) is 5.69 Å². The minimum absolute atomic E-state index is 0.0535. The smallest absolute Gasteiger partial charge is 0.339 e. The second kappa shape index (κ2) is 5.58. The van der Waals surface area contributed by atoms with Crippen LogP contribution in [0.2, 0.25) is 5.02 Å². The van der Waals surface area contributed by atoms with Gasteiger partial charge in [-0.3, -0.25) is 10.1 Å². The molecule has 20 heavy (non-hydrogen) atoms. The van der Waals surface area contributed by atoms with Crippen molar-refractivity contribution < 1.29 is 19.6 Å². The number of benzene rings is 2. The Morgan fingerprint density at radius 2 is 1.90 bits per heavy atom. The Labute approximate surface area is 118 Å². The monoisotopic (exact) mass is 293 g/mol. The lowest BCUT2D eigenvalue weighted by atomic mass is 10.2. The molecule has 0 radical (unpaired) electrons. The van der Waals surface area contributed by atoms with E-state index in [1.54, 1.807) is 6.07 Å². The van der Waals surface area contributed by atoms with Crippen LogP contribution in [0.5, 0.6) is 11.5 Å². The highest BCUT2D eigenvalue weighted by Crippen LogP contribution is 2.33. The topological polar surface area (TPSA) is 89.7 Å². The number of carboxylic acid groups (broad SMARTS) is 1. The van der Waals surface area contributed by atoms with Gasteiger partial charge in [-0.05, 0) is 18.2 Å². The number of carbonyl (C=O) groups is 1. The number of ether oxygens (including phenoxy) is 1. The van der Waals surface area contributed by atoms with Gasteiger partial charge in [0.05, 0.1) is 4.92 Å². The van der Waals surface area contributed by atoms with Crippen LogP contribution in [0.25, 0.3) is 0 Å². The summed E-state index contributed by atoms with van der Waals surface area (Å²) >= 11 is 5.78. The molecule has 0 spiro atoms. The molecular formula is C13H8ClNO5. The molecule has 7 heteroatoms. The summed E-state index contributed by atoms with van der Waals surface area (Å²) in [7, 11) is 0. The Hall–Kier alpha value is -2.60. The predicted molar refractivity (Wildman–Crippen MR) is 71.6 cm³/mol. The summed E-state index contributed by atoms with van der Waals surface area (Å²) in [5.74, 6) is -1.32. The SMILES string of the molecule is O=C(O)c1ccc(Cl)cc1Oc1ccccc1[N+](=O)[O-]. The third kappa shape index (κ3) is 2.86. The summed E-state index contributed by atoms with van der Waals surface area (Å²) in [5, 5.41) is 20.2. The number of nitro benzene ring substituents is 1. The molecule has 0 saturated heterocycles. The van der Waals surface area contributed by atoms with Crippen molar-refractivity contribution in [1.29, 1.82) is 0 Å². The first kappa shape index (κ1) is 13.8. The number of nitrogens with zero attached hydrogens (tertiary/aromatic N) is 1. The normalized spacial score (nSPS) is 10.1. The van der Waals surface area contributed by atoms with Gasteiger partial charge in [0.2, 0.25) is 5.75 Å². The average Bonchev–Trinajstić information content (AvgIpc) is 2.38. The van der Waals surface area contributed by atoms with Gasteiger partial charge in [0.25, 0.3) is 0 Å². The van der Waals surface area contributed by atoms with E-state index in [1.807, 2.05) is 0 Å². The van der Waals surface area contributed by atoms with Crippen LogP contribution in [-0.2, 0) is 0 Å². The summed E-state index contributed by atoms with van der Waals surface area (Å²) in [6.45, 7) is 0. The van der Waals surface area contributed by atoms with E-state index in [2.05, 4.69) is 0 Å². The number of carboxylic acids is 1. The maximum atomic E-state index is 11.1. The number of hydrogen-bond acceptors (Lipinski definition) is 4. The third-order valence-corrected chi connectivity index (χ3v) is 2.69. The molecule has 2 aromatic rings. The van der Waals surface area contributed by atoms with Crippen molar-refractivity contribution >= 4 is 23.3 Å². The molecule has 0 saturated carbocycles. The summed E-state index contributed by atoms with van der Waals surface area (Å²) in [6.07, 6.45) is 0. The first-order chi connectivity index (χ1) is 9.49. The number of nitro groups is 1. The summed E-state index contributed by atoms with van der Waals surface area (Å²) in [5.41, 5.74) is -0.392. The van der Waals surface area contributed by atoms with Gasteiger partial charge in [-0.2, -0.15) is 0 Å². The molecule has 0 unspecified atom stereocenters. The van der Waals surface area contributed by atoms with Crippen LogP contribution in [0, 0.1) is 10.1 Å². The molecule has 0 amide bonds. The lowest BCUT2D eigenvalue weighted by molar-refractivity contribution is -0.385. The second-order valence-electron chi connectivity index (χ2n) is 3.77. The van der Waals surface area contributed by atoms with Crippen LogP contribution in [-0.4, -0.2) is 16.0 Å². The van der Waals surface area contributed by atoms with Crippen LogP contribution in [0.15, 0.2) is 42.5 Å².